The number of H-pyrrole nitrogens is 1. The van der Waals surface area contributed by atoms with Crippen molar-refractivity contribution in [2.75, 3.05) is 6.54 Å². The van der Waals surface area contributed by atoms with Crippen LogP contribution in [0.4, 0.5) is 0 Å². The van der Waals surface area contributed by atoms with Gasteiger partial charge in [-0.25, -0.2) is 4.79 Å². The van der Waals surface area contributed by atoms with Gasteiger partial charge >= 0.3 is 5.97 Å². The number of fused-ring (bicyclic) bond motifs is 1. The molecule has 2 aromatic heterocycles. The Morgan fingerprint density at radius 1 is 1.03 bits per heavy atom. The summed E-state index contributed by atoms with van der Waals surface area (Å²) in [6, 6.07) is 19.8. The van der Waals surface area contributed by atoms with E-state index in [-0.39, 0.29) is 18.2 Å². The molecule has 0 amide bonds. The van der Waals surface area contributed by atoms with Gasteiger partial charge in [-0.3, -0.25) is 4.79 Å². The molecule has 0 saturated carbocycles. The van der Waals surface area contributed by atoms with Crippen molar-refractivity contribution in [2.45, 2.75) is 18.9 Å². The van der Waals surface area contributed by atoms with Crippen LogP contribution in [0, 0.1) is 0 Å². The van der Waals surface area contributed by atoms with E-state index in [1.165, 1.54) is 6.08 Å². The maximum absolute atomic E-state index is 12.9. The van der Waals surface area contributed by atoms with Gasteiger partial charge in [-0.15, -0.1) is 0 Å². The second kappa shape index (κ2) is 10.4. The highest BCUT2D eigenvalue weighted by Crippen LogP contribution is 2.20. The number of benzene rings is 2. The summed E-state index contributed by atoms with van der Waals surface area (Å²) in [6.07, 6.45) is 7.27. The molecule has 0 bridgehead atoms. The van der Waals surface area contributed by atoms with E-state index in [4.69, 9.17) is 9.15 Å². The maximum atomic E-state index is 12.9. The third kappa shape index (κ3) is 5.62. The number of carbonyl (C=O) groups is 2. The van der Waals surface area contributed by atoms with E-state index in [2.05, 4.69) is 10.3 Å². The van der Waals surface area contributed by atoms with Crippen LogP contribution in [-0.2, 0) is 16.0 Å². The standard InChI is InChI=1S/C26H24N2O4/c29-20(12-13-21-9-6-16-31-21)14-15-27-25(26(30)32-22-7-2-1-3-8-22)17-19-18-28-24-11-5-4-10-23(19)24/h1-13,16,18,25,27-28H,14-15,17H2. The number of aromatic nitrogens is 1. The van der Waals surface area contributed by atoms with Gasteiger partial charge in [-0.1, -0.05) is 36.4 Å². The number of carbonyl (C=O) groups excluding carboxylic acids is 2. The Hall–Kier alpha value is -3.90. The molecule has 162 valence electrons. The third-order valence-corrected chi connectivity index (χ3v) is 5.08. The van der Waals surface area contributed by atoms with Crippen LogP contribution in [0.3, 0.4) is 0 Å². The highest BCUT2D eigenvalue weighted by molar-refractivity contribution is 5.93. The average molecular weight is 428 g/mol. The van der Waals surface area contributed by atoms with E-state index >= 15 is 0 Å². The summed E-state index contributed by atoms with van der Waals surface area (Å²) < 4.78 is 10.8. The zero-order chi connectivity index (χ0) is 22.2. The molecule has 2 heterocycles. The van der Waals surface area contributed by atoms with Crippen molar-refractivity contribution in [3.05, 3.63) is 96.6 Å². The van der Waals surface area contributed by atoms with Gasteiger partial charge in [0.1, 0.15) is 17.6 Å². The number of ketones is 1. The number of hydrogen-bond donors (Lipinski definition) is 2. The number of aromatic amines is 1. The molecule has 0 spiro atoms. The van der Waals surface area contributed by atoms with E-state index in [0.717, 1.165) is 16.5 Å². The molecular formula is C26H24N2O4. The molecule has 32 heavy (non-hydrogen) atoms. The predicted octanol–water partition coefficient (Wildman–Crippen LogP) is 4.54. The van der Waals surface area contributed by atoms with Gasteiger partial charge in [0.15, 0.2) is 5.78 Å². The van der Waals surface area contributed by atoms with E-state index in [0.29, 0.717) is 24.5 Å². The smallest absolute Gasteiger partial charge is 0.328 e. The fourth-order valence-electron chi connectivity index (χ4n) is 3.45. The molecule has 0 aliphatic heterocycles. The summed E-state index contributed by atoms with van der Waals surface area (Å²) in [5, 5.41) is 4.26. The first-order valence-corrected chi connectivity index (χ1v) is 10.5. The van der Waals surface area contributed by atoms with Gasteiger partial charge < -0.3 is 19.5 Å². The van der Waals surface area contributed by atoms with Crippen molar-refractivity contribution in [1.29, 1.82) is 0 Å². The second-order valence-corrected chi connectivity index (χ2v) is 7.37. The number of hydrogen-bond acceptors (Lipinski definition) is 5. The Balaban J connectivity index is 1.42. The van der Waals surface area contributed by atoms with Crippen molar-refractivity contribution in [3.63, 3.8) is 0 Å². The lowest BCUT2D eigenvalue weighted by Gasteiger charge is -2.17. The van der Waals surface area contributed by atoms with Gasteiger partial charge in [-0.2, -0.15) is 0 Å². The minimum absolute atomic E-state index is 0.0591. The minimum Gasteiger partial charge on any atom is -0.465 e. The molecule has 1 unspecified atom stereocenters. The van der Waals surface area contributed by atoms with Crippen molar-refractivity contribution in [3.8, 4) is 5.75 Å². The summed E-state index contributed by atoms with van der Waals surface area (Å²) in [5.74, 6) is 0.659. The Morgan fingerprint density at radius 2 is 1.84 bits per heavy atom. The van der Waals surface area contributed by atoms with E-state index in [9.17, 15) is 9.59 Å². The lowest BCUT2D eigenvalue weighted by molar-refractivity contribution is -0.136. The topological polar surface area (TPSA) is 84.3 Å². The molecule has 2 N–H and O–H groups in total. The van der Waals surface area contributed by atoms with Gasteiger partial charge in [0.2, 0.25) is 0 Å². The molecule has 0 radical (unpaired) electrons. The SMILES string of the molecule is O=C(C=Cc1ccco1)CCNC(Cc1c[nH]c2ccccc12)C(=O)Oc1ccccc1. The van der Waals surface area contributed by atoms with Crippen LogP contribution in [0.2, 0.25) is 0 Å². The summed E-state index contributed by atoms with van der Waals surface area (Å²) in [6.45, 7) is 0.345. The molecule has 0 saturated heterocycles. The first kappa shape index (κ1) is 21.3. The average Bonchev–Trinajstić information content (AvgIpc) is 3.48. The molecule has 4 aromatic rings. The number of ether oxygens (including phenoxy) is 1. The predicted molar refractivity (Wildman–Crippen MR) is 123 cm³/mol. The van der Waals surface area contributed by atoms with Gasteiger partial charge in [0.05, 0.1) is 6.26 Å². The Labute approximate surface area is 185 Å². The van der Waals surface area contributed by atoms with Gasteiger partial charge in [0, 0.05) is 36.5 Å². The normalized spacial score (nSPS) is 12.2. The fourth-order valence-corrected chi connectivity index (χ4v) is 3.45. The Kier molecular flexibility index (Phi) is 6.94. The number of nitrogens with one attached hydrogen (secondary N) is 2. The highest BCUT2D eigenvalue weighted by Gasteiger charge is 2.22. The van der Waals surface area contributed by atoms with Gasteiger partial charge in [0.25, 0.3) is 0 Å². The van der Waals surface area contributed by atoms with E-state index < -0.39 is 6.04 Å². The van der Waals surface area contributed by atoms with Crippen molar-refractivity contribution < 1.29 is 18.7 Å². The van der Waals surface area contributed by atoms with Crippen molar-refractivity contribution >= 4 is 28.7 Å². The molecule has 0 fully saturated rings. The monoisotopic (exact) mass is 428 g/mol. The summed E-state index contributed by atoms with van der Waals surface area (Å²) in [4.78, 5) is 28.3. The van der Waals surface area contributed by atoms with E-state index in [1.54, 1.807) is 36.6 Å². The molecule has 1 atom stereocenters. The molecule has 4 rings (SSSR count). The third-order valence-electron chi connectivity index (χ3n) is 5.08. The summed E-state index contributed by atoms with van der Waals surface area (Å²) in [7, 11) is 0. The van der Waals surface area contributed by atoms with E-state index in [1.807, 2.05) is 48.7 Å². The number of esters is 1. The van der Waals surface area contributed by atoms with Crippen molar-refractivity contribution in [2.24, 2.45) is 0 Å². The number of rotatable bonds is 10. The maximum Gasteiger partial charge on any atom is 0.328 e. The van der Waals surface area contributed by atoms with Crippen LogP contribution >= 0.6 is 0 Å². The van der Waals surface area contributed by atoms with Crippen LogP contribution < -0.4 is 10.1 Å². The first-order valence-electron chi connectivity index (χ1n) is 10.5. The highest BCUT2D eigenvalue weighted by atomic mass is 16.5. The molecule has 0 aliphatic carbocycles. The number of allylic oxidation sites excluding steroid dienone is 1. The lowest BCUT2D eigenvalue weighted by Crippen LogP contribution is -2.42. The zero-order valence-electron chi connectivity index (χ0n) is 17.5. The second-order valence-electron chi connectivity index (χ2n) is 7.37. The lowest BCUT2D eigenvalue weighted by atomic mass is 10.0. The van der Waals surface area contributed by atoms with Crippen LogP contribution in [-0.4, -0.2) is 29.3 Å². The first-order chi connectivity index (χ1) is 15.7. The number of para-hydroxylation sites is 2. The molecular weight excluding hydrogens is 404 g/mol. The fraction of sp³-hybridized carbons (Fsp3) is 0.154. The number of furan rings is 1. The van der Waals surface area contributed by atoms with Gasteiger partial charge in [-0.05, 0) is 48.0 Å². The Morgan fingerprint density at radius 3 is 2.66 bits per heavy atom. The largest absolute Gasteiger partial charge is 0.465 e. The molecule has 2 aromatic carbocycles. The quantitative estimate of drug-likeness (QED) is 0.220. The molecule has 0 aliphatic rings. The van der Waals surface area contributed by atoms with Crippen LogP contribution in [0.1, 0.15) is 17.7 Å². The minimum atomic E-state index is -0.601. The zero-order valence-corrected chi connectivity index (χ0v) is 17.5. The van der Waals surface area contributed by atoms with Crippen LogP contribution in [0.25, 0.3) is 17.0 Å². The van der Waals surface area contributed by atoms with Crippen LogP contribution in [0.5, 0.6) is 5.75 Å². The summed E-state index contributed by atoms with van der Waals surface area (Å²) in [5.41, 5.74) is 2.02. The summed E-state index contributed by atoms with van der Waals surface area (Å²) >= 11 is 0. The molecule has 6 heteroatoms. The van der Waals surface area contributed by atoms with Crippen LogP contribution in [0.15, 0.2) is 89.7 Å². The Bertz CT molecular complexity index is 1190. The molecule has 6 nitrogen and oxygen atoms in total. The van der Waals surface area contributed by atoms with Crippen molar-refractivity contribution in [1.82, 2.24) is 10.3 Å².